The van der Waals surface area contributed by atoms with E-state index in [0.29, 0.717) is 24.5 Å². The van der Waals surface area contributed by atoms with E-state index in [1.165, 1.54) is 18.7 Å². The maximum Gasteiger partial charge on any atom is 0.326 e. The summed E-state index contributed by atoms with van der Waals surface area (Å²) >= 11 is 1.36. The van der Waals surface area contributed by atoms with Crippen molar-refractivity contribution in [3.8, 4) is 0 Å². The molecule has 6 nitrogen and oxygen atoms in total. The van der Waals surface area contributed by atoms with Crippen LogP contribution >= 0.6 is 11.8 Å². The number of carbonyl (C=O) groups is 3. The molecule has 18 heavy (non-hydrogen) atoms. The van der Waals surface area contributed by atoms with Gasteiger partial charge in [0.05, 0.1) is 5.75 Å². The van der Waals surface area contributed by atoms with Crippen molar-refractivity contribution in [3.05, 3.63) is 0 Å². The highest BCUT2D eigenvalue weighted by Crippen LogP contribution is 2.05. The summed E-state index contributed by atoms with van der Waals surface area (Å²) in [7, 11) is 0. The number of rotatable bonds is 9. The molecule has 0 aliphatic rings. The van der Waals surface area contributed by atoms with Gasteiger partial charge in [0.15, 0.2) is 0 Å². The van der Waals surface area contributed by atoms with E-state index < -0.39 is 12.0 Å². The minimum atomic E-state index is -1.05. The van der Waals surface area contributed by atoms with Gasteiger partial charge in [0.25, 0.3) is 0 Å². The van der Waals surface area contributed by atoms with Crippen LogP contribution in [0.25, 0.3) is 0 Å². The molecule has 0 heterocycles. The third-order valence-electron chi connectivity index (χ3n) is 2.03. The molecule has 0 bridgehead atoms. The van der Waals surface area contributed by atoms with Crippen LogP contribution in [0.15, 0.2) is 0 Å². The Hall–Kier alpha value is -1.24. The summed E-state index contributed by atoms with van der Waals surface area (Å²) in [6.45, 7) is 3.91. The average Bonchev–Trinajstić information content (AvgIpc) is 2.29. The lowest BCUT2D eigenvalue weighted by molar-refractivity contribution is -0.141. The Bertz CT molecular complexity index is 297. The Kier molecular flexibility index (Phi) is 9.08. The molecular weight excluding hydrogens is 256 g/mol. The molecule has 0 saturated heterocycles. The average molecular weight is 276 g/mol. The number of carbonyl (C=O) groups excluding carboxylic acids is 2. The zero-order chi connectivity index (χ0) is 14.0. The predicted molar refractivity (Wildman–Crippen MR) is 70.5 cm³/mol. The largest absolute Gasteiger partial charge is 0.480 e. The maximum absolute atomic E-state index is 11.2. The lowest BCUT2D eigenvalue weighted by atomic mass is 10.2. The number of thioether (sulfide) groups is 1. The molecule has 0 aromatic carbocycles. The van der Waals surface area contributed by atoms with Crippen LogP contribution in [0.4, 0.5) is 0 Å². The molecule has 2 amide bonds. The second-order valence-corrected chi connectivity index (χ2v) is 4.89. The first-order valence-corrected chi connectivity index (χ1v) is 6.97. The van der Waals surface area contributed by atoms with E-state index in [0.717, 1.165) is 6.42 Å². The van der Waals surface area contributed by atoms with Gasteiger partial charge in [-0.3, -0.25) is 9.59 Å². The Morgan fingerprint density at radius 1 is 1.33 bits per heavy atom. The number of nitrogens with one attached hydrogen (secondary N) is 2. The maximum atomic E-state index is 11.2. The first-order chi connectivity index (χ1) is 8.47. The normalized spacial score (nSPS) is 11.7. The smallest absolute Gasteiger partial charge is 0.326 e. The van der Waals surface area contributed by atoms with E-state index in [1.807, 2.05) is 6.92 Å². The van der Waals surface area contributed by atoms with Crippen molar-refractivity contribution in [2.24, 2.45) is 0 Å². The van der Waals surface area contributed by atoms with Crippen molar-refractivity contribution in [1.82, 2.24) is 10.6 Å². The van der Waals surface area contributed by atoms with Crippen molar-refractivity contribution in [2.75, 3.05) is 18.1 Å². The van der Waals surface area contributed by atoms with Crippen LogP contribution < -0.4 is 10.6 Å². The van der Waals surface area contributed by atoms with Gasteiger partial charge in [0.2, 0.25) is 11.8 Å². The summed E-state index contributed by atoms with van der Waals surface area (Å²) < 4.78 is 0. The van der Waals surface area contributed by atoms with E-state index in [2.05, 4.69) is 10.6 Å². The fraction of sp³-hybridized carbons (Fsp3) is 0.727. The van der Waals surface area contributed by atoms with Crippen LogP contribution in [-0.2, 0) is 14.4 Å². The predicted octanol–water partition coefficient (Wildman–Crippen LogP) is 0.225. The van der Waals surface area contributed by atoms with Gasteiger partial charge < -0.3 is 15.7 Å². The standard InChI is InChI=1S/C11H20N2O4S/c1-3-5-12-10(15)7-18-6-4-9(11(16)17)13-8(2)14/h9H,3-7H2,1-2H3,(H,12,15)(H,13,14)(H,16,17). The molecule has 0 saturated carbocycles. The van der Waals surface area contributed by atoms with E-state index in [4.69, 9.17) is 5.11 Å². The monoisotopic (exact) mass is 276 g/mol. The van der Waals surface area contributed by atoms with E-state index in [1.54, 1.807) is 0 Å². The zero-order valence-corrected chi connectivity index (χ0v) is 11.5. The minimum Gasteiger partial charge on any atom is -0.480 e. The summed E-state index contributed by atoms with van der Waals surface area (Å²) in [4.78, 5) is 32.8. The van der Waals surface area contributed by atoms with Crippen LogP contribution in [0.5, 0.6) is 0 Å². The van der Waals surface area contributed by atoms with Gasteiger partial charge >= 0.3 is 5.97 Å². The highest BCUT2D eigenvalue weighted by molar-refractivity contribution is 7.99. The topological polar surface area (TPSA) is 95.5 Å². The second-order valence-electron chi connectivity index (χ2n) is 3.78. The summed E-state index contributed by atoms with van der Waals surface area (Å²) in [6, 6.07) is -0.881. The molecule has 3 N–H and O–H groups in total. The van der Waals surface area contributed by atoms with Crippen molar-refractivity contribution in [2.45, 2.75) is 32.7 Å². The van der Waals surface area contributed by atoms with Crippen molar-refractivity contribution in [1.29, 1.82) is 0 Å². The molecule has 104 valence electrons. The quantitative estimate of drug-likeness (QED) is 0.524. The molecule has 0 aliphatic heterocycles. The van der Waals surface area contributed by atoms with Crippen LogP contribution in [-0.4, -0.2) is 47.0 Å². The molecule has 0 aromatic heterocycles. The van der Waals surface area contributed by atoms with Crippen LogP contribution in [0.2, 0.25) is 0 Å². The van der Waals surface area contributed by atoms with Gasteiger partial charge in [-0.1, -0.05) is 6.92 Å². The first-order valence-electron chi connectivity index (χ1n) is 5.81. The van der Waals surface area contributed by atoms with Gasteiger partial charge in [0.1, 0.15) is 6.04 Å². The number of hydrogen-bond donors (Lipinski definition) is 3. The molecule has 1 atom stereocenters. The molecule has 0 aromatic rings. The third-order valence-corrected chi connectivity index (χ3v) is 3.02. The highest BCUT2D eigenvalue weighted by Gasteiger charge is 2.17. The summed E-state index contributed by atoms with van der Waals surface area (Å²) in [5, 5.41) is 13.9. The zero-order valence-electron chi connectivity index (χ0n) is 10.7. The van der Waals surface area contributed by atoms with Gasteiger partial charge in [-0.05, 0) is 18.6 Å². The van der Waals surface area contributed by atoms with Crippen molar-refractivity contribution in [3.63, 3.8) is 0 Å². The Morgan fingerprint density at radius 3 is 2.50 bits per heavy atom. The number of hydrogen-bond acceptors (Lipinski definition) is 4. The second kappa shape index (κ2) is 9.76. The first kappa shape index (κ1) is 16.8. The van der Waals surface area contributed by atoms with Crippen LogP contribution in [0.1, 0.15) is 26.7 Å². The molecule has 0 radical (unpaired) electrons. The van der Waals surface area contributed by atoms with E-state index in [9.17, 15) is 14.4 Å². The number of aliphatic carboxylic acids is 1. The van der Waals surface area contributed by atoms with Gasteiger partial charge in [-0.15, -0.1) is 0 Å². The van der Waals surface area contributed by atoms with Gasteiger partial charge in [-0.2, -0.15) is 11.8 Å². The molecule has 7 heteroatoms. The SMILES string of the molecule is CCCNC(=O)CSCCC(NC(C)=O)C(=O)O. The van der Waals surface area contributed by atoms with Crippen molar-refractivity contribution >= 4 is 29.5 Å². The van der Waals surface area contributed by atoms with E-state index >= 15 is 0 Å². The lowest BCUT2D eigenvalue weighted by Crippen LogP contribution is -2.40. The molecule has 1 unspecified atom stereocenters. The van der Waals surface area contributed by atoms with Gasteiger partial charge in [-0.25, -0.2) is 4.79 Å². The lowest BCUT2D eigenvalue weighted by Gasteiger charge is -2.12. The number of carboxylic acid groups (broad SMARTS) is 1. The van der Waals surface area contributed by atoms with Crippen molar-refractivity contribution < 1.29 is 19.5 Å². The third kappa shape index (κ3) is 8.86. The Balaban J connectivity index is 3.76. The number of amides is 2. The molecule has 0 rings (SSSR count). The molecular formula is C11H20N2O4S. The summed E-state index contributed by atoms with van der Waals surface area (Å²) in [6.07, 6.45) is 1.20. The Morgan fingerprint density at radius 2 is 2.00 bits per heavy atom. The highest BCUT2D eigenvalue weighted by atomic mass is 32.2. The van der Waals surface area contributed by atoms with Crippen LogP contribution in [0.3, 0.4) is 0 Å². The minimum absolute atomic E-state index is 0.0479. The Labute approximate surface area is 111 Å². The molecule has 0 aliphatic carbocycles. The summed E-state index contributed by atoms with van der Waals surface area (Å²) in [5.74, 6) is -0.647. The fourth-order valence-electron chi connectivity index (χ4n) is 1.18. The summed E-state index contributed by atoms with van der Waals surface area (Å²) in [5.41, 5.74) is 0. The van der Waals surface area contributed by atoms with Crippen LogP contribution in [0, 0.1) is 0 Å². The van der Waals surface area contributed by atoms with Gasteiger partial charge in [0, 0.05) is 13.5 Å². The van der Waals surface area contributed by atoms with E-state index in [-0.39, 0.29) is 11.8 Å². The molecule has 0 fully saturated rings. The molecule has 0 spiro atoms. The fourth-order valence-corrected chi connectivity index (χ4v) is 2.02. The number of carboxylic acids is 1.